The monoisotopic (exact) mass is 502 g/mol. The Hall–Kier alpha value is -2.81. The molecule has 4 unspecified atom stereocenters. The smallest absolute Gasteiger partial charge is 0.295 e. The van der Waals surface area contributed by atoms with Crippen LogP contribution in [0.15, 0.2) is 40.1 Å². The summed E-state index contributed by atoms with van der Waals surface area (Å²) in [5.74, 6) is 1.14. The van der Waals surface area contributed by atoms with Gasteiger partial charge in [0.1, 0.15) is 17.9 Å². The molecule has 0 spiro atoms. The fraction of sp³-hybridized carbons (Fsp3) is 0.435. The van der Waals surface area contributed by atoms with Crippen molar-refractivity contribution in [2.24, 2.45) is 5.92 Å². The molecular formula is C23H23BrN2O6. The number of alkyl halides is 1. The van der Waals surface area contributed by atoms with Crippen molar-refractivity contribution >= 4 is 33.4 Å². The number of rotatable bonds is 4. The van der Waals surface area contributed by atoms with Crippen LogP contribution in [-0.2, 0) is 14.3 Å². The normalized spacial score (nSPS) is 27.2. The molecule has 8 nitrogen and oxygen atoms in total. The SMILES string of the molecule is COc1cccc(C2C3=C(OC4CCC(Br)CC4C3=O)C(=O)N2c2cc(C)on2)c1OC. The van der Waals surface area contributed by atoms with Crippen LogP contribution in [0.3, 0.4) is 0 Å². The van der Waals surface area contributed by atoms with E-state index in [0.717, 1.165) is 6.42 Å². The summed E-state index contributed by atoms with van der Waals surface area (Å²) < 4.78 is 22.6. The average Bonchev–Trinajstić information content (AvgIpc) is 3.34. The summed E-state index contributed by atoms with van der Waals surface area (Å²) in [5, 5.41) is 4.06. The summed E-state index contributed by atoms with van der Waals surface area (Å²) in [6, 6.07) is 6.30. The number of hydrogen-bond donors (Lipinski definition) is 0. The number of fused-ring (bicyclic) bond motifs is 1. The third-order valence-corrected chi connectivity index (χ3v) is 7.21. The molecule has 3 aliphatic rings. The van der Waals surface area contributed by atoms with Crippen LogP contribution in [0.4, 0.5) is 5.82 Å². The Morgan fingerprint density at radius 1 is 1.19 bits per heavy atom. The van der Waals surface area contributed by atoms with Gasteiger partial charge in [0.25, 0.3) is 5.91 Å². The van der Waals surface area contributed by atoms with Crippen molar-refractivity contribution in [3.8, 4) is 11.5 Å². The summed E-state index contributed by atoms with van der Waals surface area (Å²) in [6.07, 6.45) is 1.97. The Balaban J connectivity index is 1.70. The van der Waals surface area contributed by atoms with Crippen LogP contribution in [0, 0.1) is 12.8 Å². The van der Waals surface area contributed by atoms with Gasteiger partial charge in [0, 0.05) is 16.5 Å². The molecule has 0 radical (unpaired) electrons. The minimum Gasteiger partial charge on any atom is -0.493 e. The number of carbonyl (C=O) groups excluding carboxylic acids is 2. The fourth-order valence-electron chi connectivity index (χ4n) is 4.94. The van der Waals surface area contributed by atoms with Crippen LogP contribution in [0.5, 0.6) is 11.5 Å². The highest BCUT2D eigenvalue weighted by Gasteiger charge is 2.54. The van der Waals surface area contributed by atoms with Gasteiger partial charge >= 0.3 is 0 Å². The largest absolute Gasteiger partial charge is 0.493 e. The maximum absolute atomic E-state index is 13.8. The van der Waals surface area contributed by atoms with E-state index in [1.807, 2.05) is 6.07 Å². The number of methoxy groups -OCH3 is 2. The number of hydrogen-bond acceptors (Lipinski definition) is 7. The second-order valence-electron chi connectivity index (χ2n) is 8.24. The predicted molar refractivity (Wildman–Crippen MR) is 118 cm³/mol. The van der Waals surface area contributed by atoms with E-state index in [2.05, 4.69) is 21.1 Å². The zero-order chi connectivity index (χ0) is 22.6. The molecule has 0 N–H and O–H groups in total. The zero-order valence-electron chi connectivity index (χ0n) is 18.0. The van der Waals surface area contributed by atoms with Crippen molar-refractivity contribution in [3.05, 3.63) is 46.9 Å². The van der Waals surface area contributed by atoms with Crippen LogP contribution in [-0.4, -0.2) is 42.0 Å². The Bertz CT molecular complexity index is 1130. The molecule has 1 fully saturated rings. The van der Waals surface area contributed by atoms with Gasteiger partial charge in [0.2, 0.25) is 0 Å². The number of aromatic nitrogens is 1. The van der Waals surface area contributed by atoms with E-state index in [0.29, 0.717) is 47.1 Å². The third kappa shape index (κ3) is 3.13. The number of para-hydroxylation sites is 1. The molecule has 3 heterocycles. The average molecular weight is 503 g/mol. The summed E-state index contributed by atoms with van der Waals surface area (Å²) >= 11 is 3.66. The Kier molecular flexibility index (Phi) is 5.23. The number of Topliss-reactive ketones (excluding diaryl/α,β-unsaturated/α-hetero) is 1. The second kappa shape index (κ2) is 7.95. The molecule has 1 aliphatic carbocycles. The topological polar surface area (TPSA) is 91.1 Å². The molecule has 5 rings (SSSR count). The van der Waals surface area contributed by atoms with E-state index in [4.69, 9.17) is 18.7 Å². The van der Waals surface area contributed by atoms with Gasteiger partial charge in [-0.15, -0.1) is 0 Å². The maximum atomic E-state index is 13.8. The summed E-state index contributed by atoms with van der Waals surface area (Å²) in [4.78, 5) is 29.1. The van der Waals surface area contributed by atoms with Crippen molar-refractivity contribution < 1.29 is 28.3 Å². The van der Waals surface area contributed by atoms with Gasteiger partial charge < -0.3 is 18.7 Å². The van der Waals surface area contributed by atoms with Crippen LogP contribution in [0.1, 0.15) is 36.6 Å². The molecular weight excluding hydrogens is 480 g/mol. The Morgan fingerprint density at radius 2 is 2.00 bits per heavy atom. The maximum Gasteiger partial charge on any atom is 0.295 e. The molecule has 1 amide bonds. The van der Waals surface area contributed by atoms with Gasteiger partial charge in [-0.05, 0) is 32.3 Å². The fourth-order valence-corrected chi connectivity index (χ4v) is 5.61. The van der Waals surface area contributed by atoms with E-state index in [1.54, 1.807) is 32.2 Å². The first-order valence-corrected chi connectivity index (χ1v) is 11.4. The van der Waals surface area contributed by atoms with Crippen LogP contribution in [0.2, 0.25) is 0 Å². The lowest BCUT2D eigenvalue weighted by Crippen LogP contribution is -2.41. The lowest BCUT2D eigenvalue weighted by molar-refractivity contribution is -0.131. The van der Waals surface area contributed by atoms with E-state index in [-0.39, 0.29) is 28.4 Å². The molecule has 1 saturated carbocycles. The molecule has 1 aromatic heterocycles. The van der Waals surface area contributed by atoms with Crippen molar-refractivity contribution in [1.29, 1.82) is 0 Å². The van der Waals surface area contributed by atoms with Gasteiger partial charge in [0.05, 0.1) is 25.7 Å². The second-order valence-corrected chi connectivity index (χ2v) is 9.53. The first-order chi connectivity index (χ1) is 15.4. The van der Waals surface area contributed by atoms with E-state index in [1.165, 1.54) is 12.0 Å². The molecule has 1 aromatic carbocycles. The Labute approximate surface area is 193 Å². The van der Waals surface area contributed by atoms with E-state index < -0.39 is 11.9 Å². The van der Waals surface area contributed by atoms with Gasteiger partial charge in [-0.25, -0.2) is 0 Å². The number of nitrogens with zero attached hydrogens (tertiary/aromatic N) is 2. The first-order valence-electron chi connectivity index (χ1n) is 10.5. The number of halogens is 1. The van der Waals surface area contributed by atoms with Gasteiger partial charge in [0.15, 0.2) is 28.9 Å². The Morgan fingerprint density at radius 3 is 2.69 bits per heavy atom. The van der Waals surface area contributed by atoms with Gasteiger partial charge in [-0.3, -0.25) is 14.5 Å². The highest BCUT2D eigenvalue weighted by Crippen LogP contribution is 2.51. The van der Waals surface area contributed by atoms with E-state index >= 15 is 0 Å². The standard InChI is InChI=1S/C23H23BrN2O6/c1-11-9-17(25-32-11)26-19(13-5-4-6-16(29-2)21(13)30-3)18-20(27)14-10-12(24)7-8-15(14)31-22(18)23(26)28/h4-6,9,12,14-15,19H,7-8,10H2,1-3H3. The van der Waals surface area contributed by atoms with Gasteiger partial charge in [-0.1, -0.05) is 33.2 Å². The van der Waals surface area contributed by atoms with Crippen molar-refractivity contribution in [3.63, 3.8) is 0 Å². The minimum absolute atomic E-state index is 0.0636. The lowest BCUT2D eigenvalue weighted by atomic mass is 9.77. The van der Waals surface area contributed by atoms with Crippen molar-refractivity contribution in [2.45, 2.75) is 43.2 Å². The van der Waals surface area contributed by atoms with Crippen molar-refractivity contribution in [1.82, 2.24) is 5.16 Å². The van der Waals surface area contributed by atoms with Crippen LogP contribution in [0.25, 0.3) is 0 Å². The molecule has 32 heavy (non-hydrogen) atoms. The van der Waals surface area contributed by atoms with Crippen LogP contribution < -0.4 is 14.4 Å². The number of amides is 1. The number of ether oxygens (including phenoxy) is 3. The quantitative estimate of drug-likeness (QED) is 0.585. The predicted octanol–water partition coefficient (Wildman–Crippen LogP) is 3.87. The van der Waals surface area contributed by atoms with Gasteiger partial charge in [-0.2, -0.15) is 0 Å². The highest BCUT2D eigenvalue weighted by molar-refractivity contribution is 9.09. The first kappa shape index (κ1) is 21.1. The van der Waals surface area contributed by atoms with E-state index in [9.17, 15) is 9.59 Å². The third-order valence-electron chi connectivity index (χ3n) is 6.37. The highest BCUT2D eigenvalue weighted by atomic mass is 79.9. The summed E-state index contributed by atoms with van der Waals surface area (Å²) in [6.45, 7) is 1.75. The minimum atomic E-state index is -0.767. The lowest BCUT2D eigenvalue weighted by Gasteiger charge is -2.37. The summed E-state index contributed by atoms with van der Waals surface area (Å²) in [7, 11) is 3.08. The molecule has 2 aliphatic heterocycles. The number of ketones is 1. The molecule has 0 bridgehead atoms. The zero-order valence-corrected chi connectivity index (χ0v) is 19.5. The molecule has 2 aromatic rings. The molecule has 0 saturated heterocycles. The molecule has 9 heteroatoms. The molecule has 4 atom stereocenters. The summed E-state index contributed by atoms with van der Waals surface area (Å²) in [5.41, 5.74) is 0.956. The number of aryl methyl sites for hydroxylation is 1. The number of anilines is 1. The molecule has 168 valence electrons. The van der Waals surface area contributed by atoms with Crippen molar-refractivity contribution in [2.75, 3.05) is 19.1 Å². The van der Waals surface area contributed by atoms with Crippen LogP contribution >= 0.6 is 15.9 Å². The number of carbonyl (C=O) groups is 2. The number of benzene rings is 1.